The fourth-order valence-electron chi connectivity index (χ4n) is 1.76. The first kappa shape index (κ1) is 11.0. The number of rotatable bonds is 2. The maximum atomic E-state index is 5.93. The highest BCUT2D eigenvalue weighted by molar-refractivity contribution is 6.31. The van der Waals surface area contributed by atoms with Crippen LogP contribution in [-0.4, -0.2) is 22.0 Å². The van der Waals surface area contributed by atoms with E-state index in [4.69, 9.17) is 11.6 Å². The quantitative estimate of drug-likeness (QED) is 0.768. The third kappa shape index (κ3) is 1.91. The number of fused-ring (bicyclic) bond motifs is 1. The molecule has 90 valence electrons. The summed E-state index contributed by atoms with van der Waals surface area (Å²) in [6, 6.07) is 13.4. The number of anilines is 1. The van der Waals surface area contributed by atoms with Crippen LogP contribution in [0.25, 0.3) is 16.7 Å². The van der Waals surface area contributed by atoms with Crippen molar-refractivity contribution in [1.29, 1.82) is 0 Å². The molecule has 5 heteroatoms. The van der Waals surface area contributed by atoms with Crippen LogP contribution < -0.4 is 5.32 Å². The van der Waals surface area contributed by atoms with Gasteiger partial charge in [0.05, 0.1) is 5.69 Å². The van der Waals surface area contributed by atoms with Gasteiger partial charge in [-0.15, -0.1) is 10.2 Å². The van der Waals surface area contributed by atoms with Crippen molar-refractivity contribution in [2.24, 2.45) is 0 Å². The first-order valence-corrected chi connectivity index (χ1v) is 5.95. The second kappa shape index (κ2) is 4.31. The van der Waals surface area contributed by atoms with E-state index < -0.39 is 0 Å². The summed E-state index contributed by atoms with van der Waals surface area (Å²) in [6.45, 7) is 0. The largest absolute Gasteiger partial charge is 0.388 e. The molecule has 0 amide bonds. The van der Waals surface area contributed by atoms with E-state index in [1.54, 1.807) is 4.80 Å². The van der Waals surface area contributed by atoms with Crippen molar-refractivity contribution >= 4 is 28.3 Å². The van der Waals surface area contributed by atoms with Crippen molar-refractivity contribution in [1.82, 2.24) is 15.0 Å². The van der Waals surface area contributed by atoms with E-state index in [1.165, 1.54) is 0 Å². The topological polar surface area (TPSA) is 42.7 Å². The molecule has 3 rings (SSSR count). The SMILES string of the molecule is CNc1ccc(-n2nc3ccc(Cl)cc3n2)cc1. The Balaban J connectivity index is 2.07. The Morgan fingerprint density at radius 1 is 1.00 bits per heavy atom. The van der Waals surface area contributed by atoms with Crippen LogP contribution in [-0.2, 0) is 0 Å². The predicted octanol–water partition coefficient (Wildman–Crippen LogP) is 3.12. The van der Waals surface area contributed by atoms with Crippen LogP contribution in [0.15, 0.2) is 42.5 Å². The fraction of sp³-hybridized carbons (Fsp3) is 0.0769. The van der Waals surface area contributed by atoms with E-state index in [0.717, 1.165) is 22.4 Å². The predicted molar refractivity (Wildman–Crippen MR) is 73.4 cm³/mol. The lowest BCUT2D eigenvalue weighted by molar-refractivity contribution is 0.766. The van der Waals surface area contributed by atoms with Crippen LogP contribution in [0, 0.1) is 0 Å². The van der Waals surface area contributed by atoms with Crippen molar-refractivity contribution in [3.63, 3.8) is 0 Å². The molecule has 0 aliphatic heterocycles. The molecular weight excluding hydrogens is 248 g/mol. The van der Waals surface area contributed by atoms with Gasteiger partial charge in [0.25, 0.3) is 0 Å². The van der Waals surface area contributed by atoms with Crippen LogP contribution in [0.4, 0.5) is 5.69 Å². The number of hydrogen-bond donors (Lipinski definition) is 1. The van der Waals surface area contributed by atoms with Gasteiger partial charge in [-0.05, 0) is 42.5 Å². The zero-order valence-corrected chi connectivity index (χ0v) is 10.5. The van der Waals surface area contributed by atoms with Crippen LogP contribution in [0.3, 0.4) is 0 Å². The monoisotopic (exact) mass is 258 g/mol. The average Bonchev–Trinajstić information content (AvgIpc) is 2.81. The number of benzene rings is 2. The number of nitrogens with one attached hydrogen (secondary N) is 1. The van der Waals surface area contributed by atoms with Crippen molar-refractivity contribution in [2.45, 2.75) is 0 Å². The summed E-state index contributed by atoms with van der Waals surface area (Å²) in [6.07, 6.45) is 0. The lowest BCUT2D eigenvalue weighted by atomic mass is 10.3. The van der Waals surface area contributed by atoms with Crippen molar-refractivity contribution in [3.8, 4) is 5.69 Å². The summed E-state index contributed by atoms with van der Waals surface area (Å²) in [5, 5.41) is 12.5. The molecule has 4 nitrogen and oxygen atoms in total. The molecule has 1 N–H and O–H groups in total. The number of halogens is 1. The Kier molecular flexibility index (Phi) is 2.64. The first-order valence-electron chi connectivity index (χ1n) is 5.57. The van der Waals surface area contributed by atoms with E-state index in [1.807, 2.05) is 49.5 Å². The van der Waals surface area contributed by atoms with E-state index in [2.05, 4.69) is 15.5 Å². The van der Waals surface area contributed by atoms with Gasteiger partial charge in [0, 0.05) is 17.8 Å². The lowest BCUT2D eigenvalue weighted by Gasteiger charge is -2.01. The number of aromatic nitrogens is 3. The van der Waals surface area contributed by atoms with E-state index in [0.29, 0.717) is 5.02 Å². The van der Waals surface area contributed by atoms with Gasteiger partial charge in [0.2, 0.25) is 0 Å². The molecule has 0 saturated heterocycles. The molecule has 0 bridgehead atoms. The highest BCUT2D eigenvalue weighted by Crippen LogP contribution is 2.18. The van der Waals surface area contributed by atoms with Gasteiger partial charge >= 0.3 is 0 Å². The highest BCUT2D eigenvalue weighted by atomic mass is 35.5. The standard InChI is InChI=1S/C13H11ClN4/c1-15-10-3-5-11(6-4-10)18-16-12-7-2-9(14)8-13(12)17-18/h2-8,15H,1H3. The van der Waals surface area contributed by atoms with Crippen molar-refractivity contribution in [2.75, 3.05) is 12.4 Å². The summed E-state index contributed by atoms with van der Waals surface area (Å²) in [5.74, 6) is 0. The minimum Gasteiger partial charge on any atom is -0.388 e. The molecule has 0 unspecified atom stereocenters. The second-order valence-corrected chi connectivity index (χ2v) is 4.36. The molecule has 0 spiro atoms. The van der Waals surface area contributed by atoms with Gasteiger partial charge < -0.3 is 5.32 Å². The molecule has 1 aromatic heterocycles. The molecule has 0 fully saturated rings. The second-order valence-electron chi connectivity index (χ2n) is 3.92. The van der Waals surface area contributed by atoms with Crippen LogP contribution in [0.1, 0.15) is 0 Å². The van der Waals surface area contributed by atoms with Gasteiger partial charge in [-0.25, -0.2) is 0 Å². The Labute approximate surface area is 109 Å². The molecule has 0 aliphatic carbocycles. The van der Waals surface area contributed by atoms with E-state index in [-0.39, 0.29) is 0 Å². The normalized spacial score (nSPS) is 10.8. The molecule has 0 radical (unpaired) electrons. The van der Waals surface area contributed by atoms with Crippen LogP contribution in [0.2, 0.25) is 5.02 Å². The molecule has 1 heterocycles. The molecule has 2 aromatic carbocycles. The molecule has 0 saturated carbocycles. The first-order chi connectivity index (χ1) is 8.76. The third-order valence-corrected chi connectivity index (χ3v) is 2.96. The Hall–Kier alpha value is -2.07. The van der Waals surface area contributed by atoms with Crippen LogP contribution in [0.5, 0.6) is 0 Å². The Morgan fingerprint density at radius 2 is 1.72 bits per heavy atom. The van der Waals surface area contributed by atoms with E-state index in [9.17, 15) is 0 Å². The molecular formula is C13H11ClN4. The maximum absolute atomic E-state index is 5.93. The smallest absolute Gasteiger partial charge is 0.115 e. The summed E-state index contributed by atoms with van der Waals surface area (Å²) in [4.78, 5) is 1.61. The number of nitrogens with zero attached hydrogens (tertiary/aromatic N) is 3. The lowest BCUT2D eigenvalue weighted by Crippen LogP contribution is -1.98. The highest BCUT2D eigenvalue weighted by Gasteiger charge is 2.04. The summed E-state index contributed by atoms with van der Waals surface area (Å²) in [5.41, 5.74) is 3.59. The van der Waals surface area contributed by atoms with Gasteiger partial charge in [-0.1, -0.05) is 11.6 Å². The maximum Gasteiger partial charge on any atom is 0.115 e. The number of hydrogen-bond acceptors (Lipinski definition) is 3. The molecule has 0 atom stereocenters. The van der Waals surface area contributed by atoms with Gasteiger partial charge in [-0.3, -0.25) is 0 Å². The summed E-state index contributed by atoms with van der Waals surface area (Å²) < 4.78 is 0. The van der Waals surface area contributed by atoms with E-state index >= 15 is 0 Å². The summed E-state index contributed by atoms with van der Waals surface area (Å²) in [7, 11) is 1.89. The average molecular weight is 259 g/mol. The van der Waals surface area contributed by atoms with Gasteiger partial charge in [-0.2, -0.15) is 4.80 Å². The van der Waals surface area contributed by atoms with Gasteiger partial charge in [0.15, 0.2) is 0 Å². The molecule has 0 aliphatic rings. The minimum atomic E-state index is 0.667. The zero-order valence-electron chi connectivity index (χ0n) is 9.76. The Morgan fingerprint density at radius 3 is 2.44 bits per heavy atom. The van der Waals surface area contributed by atoms with Crippen LogP contribution >= 0.6 is 11.6 Å². The van der Waals surface area contributed by atoms with Crippen molar-refractivity contribution < 1.29 is 0 Å². The van der Waals surface area contributed by atoms with Gasteiger partial charge in [0.1, 0.15) is 11.0 Å². The zero-order chi connectivity index (χ0) is 12.5. The third-order valence-electron chi connectivity index (χ3n) is 2.73. The minimum absolute atomic E-state index is 0.667. The molecule has 18 heavy (non-hydrogen) atoms. The Bertz CT molecular complexity index is 688. The molecule has 3 aromatic rings. The van der Waals surface area contributed by atoms with Crippen molar-refractivity contribution in [3.05, 3.63) is 47.5 Å². The fourth-order valence-corrected chi connectivity index (χ4v) is 1.93. The summed E-state index contributed by atoms with van der Waals surface area (Å²) >= 11 is 5.93.